The lowest BCUT2D eigenvalue weighted by Crippen LogP contribution is -2.83. The molecule has 0 bridgehead atoms. The summed E-state index contributed by atoms with van der Waals surface area (Å²) in [5.41, 5.74) is 12.4. The van der Waals surface area contributed by atoms with Crippen LogP contribution < -0.4 is 5.32 Å². The Bertz CT molecular complexity index is 1920. The van der Waals surface area contributed by atoms with Crippen LogP contribution in [-0.2, 0) is 5.41 Å². The number of quaternary nitrogens is 1. The van der Waals surface area contributed by atoms with E-state index < -0.39 is 0 Å². The third-order valence-corrected chi connectivity index (χ3v) is 8.56. The van der Waals surface area contributed by atoms with Gasteiger partial charge in [0.1, 0.15) is 11.4 Å². The lowest BCUT2D eigenvalue weighted by Gasteiger charge is -2.26. The predicted octanol–water partition coefficient (Wildman–Crippen LogP) is 7.63. The van der Waals surface area contributed by atoms with Crippen molar-refractivity contribution in [2.45, 2.75) is 25.4 Å². The average molecular weight is 491 g/mol. The second-order valence-corrected chi connectivity index (χ2v) is 11.0. The van der Waals surface area contributed by atoms with Crippen molar-refractivity contribution in [3.63, 3.8) is 0 Å². The molecule has 1 unspecified atom stereocenters. The highest BCUT2D eigenvalue weighted by Crippen LogP contribution is 2.52. The van der Waals surface area contributed by atoms with E-state index in [2.05, 4.69) is 139 Å². The molecule has 3 heteroatoms. The van der Waals surface area contributed by atoms with Crippen molar-refractivity contribution < 1.29 is 5.32 Å². The number of nitrogens with two attached hydrogens (primary N) is 1. The Hall–Kier alpha value is -4.47. The number of benzene rings is 5. The molecule has 0 spiro atoms. The van der Waals surface area contributed by atoms with Crippen molar-refractivity contribution in [1.29, 1.82) is 0 Å². The summed E-state index contributed by atoms with van der Waals surface area (Å²) < 4.78 is 2.56. The van der Waals surface area contributed by atoms with Crippen LogP contribution in [0.4, 0.5) is 11.4 Å². The Morgan fingerprint density at radius 3 is 2.32 bits per heavy atom. The molecule has 0 saturated carbocycles. The zero-order valence-corrected chi connectivity index (χ0v) is 21.5. The molecule has 2 heterocycles. The standard InChI is InChI=1S/C35H27N3/c1-35(2)26-16-8-6-15-25(26)31-27(35)21-20-24-23-14-7-11-19-30(23)38(33(24)31)34-32(22-12-4-3-5-13-22)36-28-17-9-10-18-29(28)37-34/h3-21,34,37H,1-2H3/p+1. The van der Waals surface area contributed by atoms with Gasteiger partial charge in [-0.3, -0.25) is 9.88 Å². The van der Waals surface area contributed by atoms with Crippen LogP contribution in [0.3, 0.4) is 0 Å². The molecule has 2 aliphatic rings. The second kappa shape index (κ2) is 7.77. The lowest BCUT2D eigenvalue weighted by molar-refractivity contribution is -0.614. The number of aliphatic imine (C=N–C) groups is 1. The first-order valence-corrected chi connectivity index (χ1v) is 13.4. The van der Waals surface area contributed by atoms with E-state index in [1.807, 2.05) is 0 Å². The molecule has 5 aromatic carbocycles. The smallest absolute Gasteiger partial charge is 0.215 e. The third-order valence-electron chi connectivity index (χ3n) is 8.56. The summed E-state index contributed by atoms with van der Waals surface area (Å²) in [7, 11) is 0. The molecule has 1 atom stereocenters. The number of nitrogens with zero attached hydrogens (tertiary/aromatic N) is 2. The zero-order valence-electron chi connectivity index (χ0n) is 21.5. The van der Waals surface area contributed by atoms with E-state index >= 15 is 0 Å². The SMILES string of the molecule is CC1(C)c2ccccc2-c2c1ccc1c3ccccc3n(C3[NH2+]c4ccccc4N=C3c3ccccc3)c21. The van der Waals surface area contributed by atoms with E-state index in [0.29, 0.717) is 0 Å². The fourth-order valence-electron chi connectivity index (χ4n) is 6.78. The number of fused-ring (bicyclic) bond motifs is 8. The van der Waals surface area contributed by atoms with Crippen LogP contribution in [0.1, 0.15) is 36.7 Å². The number of hydrogen-bond acceptors (Lipinski definition) is 1. The molecule has 3 nitrogen and oxygen atoms in total. The fraction of sp³-hybridized carbons (Fsp3) is 0.114. The van der Waals surface area contributed by atoms with Gasteiger partial charge in [0.2, 0.25) is 6.17 Å². The van der Waals surface area contributed by atoms with Crippen molar-refractivity contribution in [3.8, 4) is 11.1 Å². The number of hydrogen-bond donors (Lipinski definition) is 1. The number of para-hydroxylation sites is 3. The summed E-state index contributed by atoms with van der Waals surface area (Å²) in [5.74, 6) is 0. The molecule has 1 aliphatic carbocycles. The summed E-state index contributed by atoms with van der Waals surface area (Å²) in [6, 6.07) is 41.7. The van der Waals surface area contributed by atoms with Crippen molar-refractivity contribution in [2.75, 3.05) is 0 Å². The minimum Gasteiger partial charge on any atom is -0.287 e. The molecule has 182 valence electrons. The van der Waals surface area contributed by atoms with E-state index in [0.717, 1.165) is 17.0 Å². The summed E-state index contributed by atoms with van der Waals surface area (Å²) in [4.78, 5) is 5.30. The normalized spacial score (nSPS) is 17.2. The van der Waals surface area contributed by atoms with E-state index in [1.165, 1.54) is 49.7 Å². The Kier molecular flexibility index (Phi) is 4.41. The maximum Gasteiger partial charge on any atom is 0.215 e. The highest BCUT2D eigenvalue weighted by molar-refractivity contribution is 6.16. The van der Waals surface area contributed by atoms with Gasteiger partial charge >= 0.3 is 0 Å². The van der Waals surface area contributed by atoms with Gasteiger partial charge in [-0.2, -0.15) is 0 Å². The van der Waals surface area contributed by atoms with Gasteiger partial charge in [-0.15, -0.1) is 0 Å². The van der Waals surface area contributed by atoms with Gasteiger partial charge in [0, 0.05) is 33.4 Å². The van der Waals surface area contributed by atoms with Gasteiger partial charge in [-0.05, 0) is 28.8 Å². The molecule has 38 heavy (non-hydrogen) atoms. The molecule has 0 radical (unpaired) electrons. The minimum atomic E-state index is -0.0549. The second-order valence-electron chi connectivity index (χ2n) is 11.0. The highest BCUT2D eigenvalue weighted by atomic mass is 15.2. The van der Waals surface area contributed by atoms with Gasteiger partial charge in [0.25, 0.3) is 0 Å². The number of aromatic nitrogens is 1. The van der Waals surface area contributed by atoms with Crippen molar-refractivity contribution >= 4 is 38.9 Å². The minimum absolute atomic E-state index is 0.0444. The number of rotatable bonds is 2. The maximum absolute atomic E-state index is 5.30. The molecule has 0 fully saturated rings. The van der Waals surface area contributed by atoms with Gasteiger partial charge in [0.05, 0.1) is 11.0 Å². The van der Waals surface area contributed by atoms with Crippen LogP contribution in [0.2, 0.25) is 0 Å². The summed E-state index contributed by atoms with van der Waals surface area (Å²) in [5, 5.41) is 4.99. The monoisotopic (exact) mass is 490 g/mol. The molecule has 0 amide bonds. The highest BCUT2D eigenvalue weighted by Gasteiger charge is 2.39. The first kappa shape index (κ1) is 21.6. The Labute approximate surface area is 222 Å². The third kappa shape index (κ3) is 2.85. The summed E-state index contributed by atoms with van der Waals surface area (Å²) >= 11 is 0. The Morgan fingerprint density at radius 2 is 1.42 bits per heavy atom. The topological polar surface area (TPSA) is 33.9 Å². The first-order chi connectivity index (χ1) is 18.6. The maximum atomic E-state index is 5.30. The predicted molar refractivity (Wildman–Crippen MR) is 157 cm³/mol. The average Bonchev–Trinajstić information content (AvgIpc) is 3.42. The molecule has 8 rings (SSSR count). The molecule has 6 aromatic rings. The van der Waals surface area contributed by atoms with Crippen molar-refractivity contribution in [3.05, 3.63) is 132 Å². The molecule has 2 N–H and O–H groups in total. The largest absolute Gasteiger partial charge is 0.287 e. The van der Waals surface area contributed by atoms with Crippen molar-refractivity contribution in [1.82, 2.24) is 4.57 Å². The Balaban J connectivity index is 1.51. The molecule has 1 aromatic heterocycles. The summed E-state index contributed by atoms with van der Waals surface area (Å²) in [6.07, 6.45) is -0.0444. The Morgan fingerprint density at radius 1 is 0.684 bits per heavy atom. The quantitative estimate of drug-likeness (QED) is 0.242. The van der Waals surface area contributed by atoms with Gasteiger partial charge in [-0.25, -0.2) is 4.99 Å². The zero-order chi connectivity index (χ0) is 25.4. The van der Waals surface area contributed by atoms with Gasteiger partial charge in [-0.1, -0.05) is 111 Å². The molecule has 1 aliphatic heterocycles. The van der Waals surface area contributed by atoms with Crippen LogP contribution in [-0.4, -0.2) is 10.3 Å². The molecule has 0 saturated heterocycles. The summed E-state index contributed by atoms with van der Waals surface area (Å²) in [6.45, 7) is 4.71. The van der Waals surface area contributed by atoms with E-state index in [4.69, 9.17) is 4.99 Å². The molecular weight excluding hydrogens is 462 g/mol. The van der Waals surface area contributed by atoms with E-state index in [1.54, 1.807) is 0 Å². The fourth-order valence-corrected chi connectivity index (χ4v) is 6.78. The van der Waals surface area contributed by atoms with Crippen LogP contribution in [0, 0.1) is 0 Å². The van der Waals surface area contributed by atoms with Crippen LogP contribution in [0.25, 0.3) is 32.9 Å². The van der Waals surface area contributed by atoms with E-state index in [-0.39, 0.29) is 11.6 Å². The van der Waals surface area contributed by atoms with Crippen LogP contribution in [0.5, 0.6) is 0 Å². The van der Waals surface area contributed by atoms with E-state index in [9.17, 15) is 0 Å². The first-order valence-electron chi connectivity index (χ1n) is 13.4. The van der Waals surface area contributed by atoms with Gasteiger partial charge < -0.3 is 0 Å². The molecular formula is C35H28N3+. The van der Waals surface area contributed by atoms with Crippen molar-refractivity contribution in [2.24, 2.45) is 4.99 Å². The van der Waals surface area contributed by atoms with Crippen LogP contribution >= 0.6 is 0 Å². The lowest BCUT2D eigenvalue weighted by atomic mass is 9.82. The van der Waals surface area contributed by atoms with Crippen LogP contribution in [0.15, 0.2) is 120 Å². The van der Waals surface area contributed by atoms with Gasteiger partial charge in [0.15, 0.2) is 5.69 Å².